The van der Waals surface area contributed by atoms with Crippen LogP contribution in [0.5, 0.6) is 0 Å². The molecule has 4 N–H and O–H groups in total. The van der Waals surface area contributed by atoms with Crippen molar-refractivity contribution < 1.29 is 11.0 Å². The van der Waals surface area contributed by atoms with E-state index in [1.165, 1.54) is 0 Å². The molecule has 1 rings (SSSR count). The Labute approximate surface area is 71.7 Å². The number of rotatable bonds is 0. The Morgan fingerprint density at radius 2 is 1.30 bits per heavy atom. The smallest absolute Gasteiger partial charge is 0.00399 e. The fraction of sp³-hybridized carbons (Fsp3) is 0. The molecule has 1 aromatic rings. The number of hydrogen-bond acceptors (Lipinski definition) is 1. The molecule has 0 heterocycles. The lowest BCUT2D eigenvalue weighted by Gasteiger charge is -1.81. The zero-order valence-corrected chi connectivity index (χ0v) is 6.95. The summed E-state index contributed by atoms with van der Waals surface area (Å²) in [4.78, 5) is 1.02. The first-order valence-electron chi connectivity index (χ1n) is 2.13. The zero-order chi connectivity index (χ0) is 5.11. The summed E-state index contributed by atoms with van der Waals surface area (Å²) in [6.45, 7) is 0. The summed E-state index contributed by atoms with van der Waals surface area (Å²) in [7, 11) is 0. The molecular formula is C6H11ClO2S. The van der Waals surface area contributed by atoms with Crippen LogP contribution in [-0.2, 0) is 0 Å². The highest BCUT2D eigenvalue weighted by Gasteiger charge is 1.73. The fourth-order valence-electron chi connectivity index (χ4n) is 0.428. The summed E-state index contributed by atoms with van der Waals surface area (Å²) in [5.41, 5.74) is 0. The number of halogens is 1. The van der Waals surface area contributed by atoms with Crippen molar-refractivity contribution in [3.8, 4) is 0 Å². The second-order valence-corrected chi connectivity index (χ2v) is 1.85. The predicted molar refractivity (Wildman–Crippen MR) is 48.2 cm³/mol. The van der Waals surface area contributed by atoms with E-state index in [0.29, 0.717) is 0 Å². The fourth-order valence-corrected chi connectivity index (χ4v) is 0.600. The standard InChI is InChI=1S/C6H6S.ClH.2H2O/c7-6-4-2-1-3-5-6;;;/h1-5,7H;1H;2*1H2. The molecule has 0 spiro atoms. The lowest BCUT2D eigenvalue weighted by molar-refractivity contribution is 0.823. The van der Waals surface area contributed by atoms with E-state index in [1.54, 1.807) is 0 Å². The molecule has 0 fully saturated rings. The Hall–Kier alpha value is -0.220. The van der Waals surface area contributed by atoms with Crippen LogP contribution >= 0.6 is 25.0 Å². The van der Waals surface area contributed by atoms with Crippen molar-refractivity contribution in [3.63, 3.8) is 0 Å². The maximum Gasteiger partial charge on any atom is 0.00399 e. The Morgan fingerprint density at radius 3 is 1.50 bits per heavy atom. The van der Waals surface area contributed by atoms with Gasteiger partial charge in [0.15, 0.2) is 0 Å². The highest BCUT2D eigenvalue weighted by molar-refractivity contribution is 7.80. The number of thiol groups is 1. The minimum Gasteiger partial charge on any atom is -0.412 e. The van der Waals surface area contributed by atoms with E-state index >= 15 is 0 Å². The molecule has 0 unspecified atom stereocenters. The van der Waals surface area contributed by atoms with Gasteiger partial charge < -0.3 is 11.0 Å². The van der Waals surface area contributed by atoms with E-state index in [2.05, 4.69) is 12.6 Å². The lowest BCUT2D eigenvalue weighted by Crippen LogP contribution is -1.56. The van der Waals surface area contributed by atoms with Gasteiger partial charge in [-0.2, -0.15) is 0 Å². The summed E-state index contributed by atoms with van der Waals surface area (Å²) in [6, 6.07) is 9.79. The summed E-state index contributed by atoms with van der Waals surface area (Å²) < 4.78 is 0. The summed E-state index contributed by atoms with van der Waals surface area (Å²) in [6.07, 6.45) is 0. The molecule has 2 nitrogen and oxygen atoms in total. The molecule has 0 bridgehead atoms. The van der Waals surface area contributed by atoms with E-state index in [-0.39, 0.29) is 23.4 Å². The molecule has 10 heavy (non-hydrogen) atoms. The molecule has 0 atom stereocenters. The second-order valence-electron chi connectivity index (χ2n) is 1.34. The SMILES string of the molecule is Cl.O.O.Sc1ccccc1. The van der Waals surface area contributed by atoms with E-state index in [1.807, 2.05) is 30.3 Å². The molecule has 0 aliphatic carbocycles. The summed E-state index contributed by atoms with van der Waals surface area (Å²) in [5.74, 6) is 0. The zero-order valence-electron chi connectivity index (χ0n) is 5.24. The molecule has 0 amide bonds. The van der Waals surface area contributed by atoms with Gasteiger partial charge in [-0.3, -0.25) is 0 Å². The van der Waals surface area contributed by atoms with Crippen molar-refractivity contribution in [2.24, 2.45) is 0 Å². The Kier molecular flexibility index (Phi) is 14.4. The number of hydrogen-bond donors (Lipinski definition) is 1. The van der Waals surface area contributed by atoms with E-state index in [0.717, 1.165) is 4.90 Å². The van der Waals surface area contributed by atoms with Crippen LogP contribution in [-0.4, -0.2) is 11.0 Å². The van der Waals surface area contributed by atoms with Crippen molar-refractivity contribution >= 4 is 25.0 Å². The van der Waals surface area contributed by atoms with Crippen LogP contribution in [0.1, 0.15) is 0 Å². The summed E-state index contributed by atoms with van der Waals surface area (Å²) >= 11 is 4.08. The third-order valence-corrected chi connectivity index (χ3v) is 1.05. The molecule has 0 aliphatic heterocycles. The highest BCUT2D eigenvalue weighted by atomic mass is 35.5. The van der Waals surface area contributed by atoms with Crippen LogP contribution in [0.25, 0.3) is 0 Å². The van der Waals surface area contributed by atoms with Gasteiger partial charge in [-0.05, 0) is 12.1 Å². The van der Waals surface area contributed by atoms with Crippen LogP contribution in [0.3, 0.4) is 0 Å². The van der Waals surface area contributed by atoms with Gasteiger partial charge in [-0.15, -0.1) is 25.0 Å². The molecule has 60 valence electrons. The first-order chi connectivity index (χ1) is 3.39. The van der Waals surface area contributed by atoms with Crippen LogP contribution in [0, 0.1) is 0 Å². The van der Waals surface area contributed by atoms with E-state index in [9.17, 15) is 0 Å². The average Bonchev–Trinajstić information content (AvgIpc) is 1.69. The lowest BCUT2D eigenvalue weighted by atomic mass is 10.4. The largest absolute Gasteiger partial charge is 0.412 e. The molecular weight excluding hydrogens is 172 g/mol. The quantitative estimate of drug-likeness (QED) is 0.576. The monoisotopic (exact) mass is 182 g/mol. The minimum atomic E-state index is 0. The maximum atomic E-state index is 4.08. The van der Waals surface area contributed by atoms with Gasteiger partial charge in [0.2, 0.25) is 0 Å². The van der Waals surface area contributed by atoms with Gasteiger partial charge in [-0.25, -0.2) is 0 Å². The summed E-state index contributed by atoms with van der Waals surface area (Å²) in [5, 5.41) is 0. The first kappa shape index (κ1) is 16.4. The van der Waals surface area contributed by atoms with Crippen molar-refractivity contribution in [2.45, 2.75) is 4.90 Å². The van der Waals surface area contributed by atoms with Gasteiger partial charge in [-0.1, -0.05) is 18.2 Å². The van der Waals surface area contributed by atoms with Crippen LogP contribution in [0.2, 0.25) is 0 Å². The third kappa shape index (κ3) is 5.91. The van der Waals surface area contributed by atoms with E-state index in [4.69, 9.17) is 0 Å². The Balaban J connectivity index is -0.000000163. The normalized spacial score (nSPS) is 6.10. The minimum absolute atomic E-state index is 0. The molecule has 0 radical (unpaired) electrons. The second kappa shape index (κ2) is 8.78. The number of benzene rings is 1. The van der Waals surface area contributed by atoms with E-state index < -0.39 is 0 Å². The molecule has 4 heteroatoms. The van der Waals surface area contributed by atoms with Crippen molar-refractivity contribution in [3.05, 3.63) is 30.3 Å². The van der Waals surface area contributed by atoms with Crippen LogP contribution in [0.4, 0.5) is 0 Å². The molecule has 0 saturated carbocycles. The van der Waals surface area contributed by atoms with Gasteiger partial charge in [0.25, 0.3) is 0 Å². The average molecular weight is 183 g/mol. The molecule has 0 aromatic heterocycles. The van der Waals surface area contributed by atoms with Gasteiger partial charge in [0.1, 0.15) is 0 Å². The first-order valence-corrected chi connectivity index (χ1v) is 2.58. The van der Waals surface area contributed by atoms with Crippen molar-refractivity contribution in [1.29, 1.82) is 0 Å². The van der Waals surface area contributed by atoms with Crippen LogP contribution < -0.4 is 0 Å². The Morgan fingerprint density at radius 1 is 0.900 bits per heavy atom. The molecule has 0 saturated heterocycles. The highest BCUT2D eigenvalue weighted by Crippen LogP contribution is 2.00. The van der Waals surface area contributed by atoms with Crippen molar-refractivity contribution in [1.82, 2.24) is 0 Å². The van der Waals surface area contributed by atoms with Gasteiger partial charge in [0, 0.05) is 4.90 Å². The van der Waals surface area contributed by atoms with Crippen molar-refractivity contribution in [2.75, 3.05) is 0 Å². The third-order valence-electron chi connectivity index (χ3n) is 0.756. The van der Waals surface area contributed by atoms with Crippen LogP contribution in [0.15, 0.2) is 35.2 Å². The topological polar surface area (TPSA) is 63.0 Å². The maximum absolute atomic E-state index is 4.08. The predicted octanol–water partition coefficient (Wildman–Crippen LogP) is 0.748. The van der Waals surface area contributed by atoms with Gasteiger partial charge in [0.05, 0.1) is 0 Å². The van der Waals surface area contributed by atoms with Gasteiger partial charge >= 0.3 is 0 Å². The molecule has 0 aliphatic rings. The molecule has 1 aromatic carbocycles. The Bertz CT molecular complexity index is 146.